The van der Waals surface area contributed by atoms with Gasteiger partial charge in [-0.25, -0.2) is 9.97 Å². The fourth-order valence-corrected chi connectivity index (χ4v) is 3.15. The molecule has 0 unspecified atom stereocenters. The number of fused-ring (bicyclic) bond motifs is 2. The number of halogens is 1. The van der Waals surface area contributed by atoms with Crippen molar-refractivity contribution in [3.8, 4) is 28.0 Å². The quantitative estimate of drug-likeness (QED) is 0.673. The van der Waals surface area contributed by atoms with Gasteiger partial charge in [0.15, 0.2) is 17.3 Å². The summed E-state index contributed by atoms with van der Waals surface area (Å²) >= 11 is 7.79. The van der Waals surface area contributed by atoms with E-state index in [0.717, 1.165) is 21.5 Å². The lowest BCUT2D eigenvalue weighted by Crippen LogP contribution is -1.92. The van der Waals surface area contributed by atoms with E-state index in [0.29, 0.717) is 22.5 Å². The topological polar surface area (TPSA) is 53.5 Å². The SMILES string of the molecule is COc1csc(-c2nc(Cl)c3cc4c(cc3n2)OCO4)c1. The molecule has 1 aromatic carbocycles. The first-order valence-corrected chi connectivity index (χ1v) is 7.40. The van der Waals surface area contributed by atoms with Crippen LogP contribution in [0.2, 0.25) is 5.15 Å². The maximum Gasteiger partial charge on any atom is 0.231 e. The second-order valence-corrected chi connectivity index (χ2v) is 5.68. The Morgan fingerprint density at radius 3 is 2.76 bits per heavy atom. The number of rotatable bonds is 2. The van der Waals surface area contributed by atoms with Crippen molar-refractivity contribution in [1.29, 1.82) is 0 Å². The molecule has 1 aliphatic heterocycles. The average Bonchev–Trinajstić information content (AvgIpc) is 3.13. The first-order chi connectivity index (χ1) is 10.2. The van der Waals surface area contributed by atoms with Gasteiger partial charge in [0.25, 0.3) is 0 Å². The maximum atomic E-state index is 6.28. The first-order valence-electron chi connectivity index (χ1n) is 6.14. The fourth-order valence-electron chi connectivity index (χ4n) is 2.13. The number of methoxy groups -OCH3 is 1. The number of ether oxygens (including phenoxy) is 3. The van der Waals surface area contributed by atoms with E-state index in [-0.39, 0.29) is 6.79 Å². The van der Waals surface area contributed by atoms with Crippen LogP contribution in [0.3, 0.4) is 0 Å². The highest BCUT2D eigenvalue weighted by Crippen LogP contribution is 2.38. The highest BCUT2D eigenvalue weighted by molar-refractivity contribution is 7.13. The molecule has 5 nitrogen and oxygen atoms in total. The number of benzene rings is 1. The second kappa shape index (κ2) is 4.75. The molecular weight excluding hydrogens is 312 g/mol. The normalized spacial score (nSPS) is 12.9. The Morgan fingerprint density at radius 2 is 2.00 bits per heavy atom. The van der Waals surface area contributed by atoms with Crippen molar-refractivity contribution < 1.29 is 14.2 Å². The number of thiophene rings is 1. The fraction of sp³-hybridized carbons (Fsp3) is 0.143. The van der Waals surface area contributed by atoms with Gasteiger partial charge in [0.05, 0.1) is 17.5 Å². The van der Waals surface area contributed by atoms with Gasteiger partial charge < -0.3 is 14.2 Å². The Labute approximate surface area is 129 Å². The van der Waals surface area contributed by atoms with Crippen molar-refractivity contribution >= 4 is 33.8 Å². The molecule has 0 atom stereocenters. The summed E-state index contributed by atoms with van der Waals surface area (Å²) < 4.78 is 15.9. The van der Waals surface area contributed by atoms with E-state index in [9.17, 15) is 0 Å². The standard InChI is InChI=1S/C14H9ClN2O3S/c1-18-7-2-12(21-5-7)14-16-9-4-11-10(19-6-20-11)3-8(9)13(15)17-14/h2-5H,6H2,1H3. The summed E-state index contributed by atoms with van der Waals surface area (Å²) in [6.45, 7) is 0.214. The minimum Gasteiger partial charge on any atom is -0.496 e. The molecule has 1 aliphatic rings. The minimum atomic E-state index is 0.214. The molecule has 106 valence electrons. The summed E-state index contributed by atoms with van der Waals surface area (Å²) in [5, 5.41) is 3.03. The van der Waals surface area contributed by atoms with Crippen molar-refractivity contribution in [3.63, 3.8) is 0 Å². The largest absolute Gasteiger partial charge is 0.496 e. The maximum absolute atomic E-state index is 6.28. The Bertz CT molecular complexity index is 850. The molecule has 3 heterocycles. The van der Waals surface area contributed by atoms with Gasteiger partial charge in [-0.15, -0.1) is 11.3 Å². The molecule has 21 heavy (non-hydrogen) atoms. The van der Waals surface area contributed by atoms with E-state index in [1.807, 2.05) is 17.5 Å². The third-order valence-corrected chi connectivity index (χ3v) is 4.37. The first kappa shape index (κ1) is 12.7. The summed E-state index contributed by atoms with van der Waals surface area (Å²) in [6, 6.07) is 5.51. The van der Waals surface area contributed by atoms with Crippen molar-refractivity contribution in [2.75, 3.05) is 13.9 Å². The molecule has 0 N–H and O–H groups in total. The number of nitrogens with zero attached hydrogens (tertiary/aromatic N) is 2. The Morgan fingerprint density at radius 1 is 1.19 bits per heavy atom. The lowest BCUT2D eigenvalue weighted by molar-refractivity contribution is 0.174. The van der Waals surface area contributed by atoms with E-state index in [1.54, 1.807) is 13.2 Å². The van der Waals surface area contributed by atoms with Crippen LogP contribution in [-0.2, 0) is 0 Å². The summed E-state index contributed by atoms with van der Waals surface area (Å²) in [7, 11) is 1.63. The molecule has 0 bridgehead atoms. The lowest BCUT2D eigenvalue weighted by Gasteiger charge is -2.04. The summed E-state index contributed by atoms with van der Waals surface area (Å²) in [4.78, 5) is 9.81. The van der Waals surface area contributed by atoms with Crippen LogP contribution < -0.4 is 14.2 Å². The van der Waals surface area contributed by atoms with Crippen molar-refractivity contribution in [1.82, 2.24) is 9.97 Å². The van der Waals surface area contributed by atoms with Gasteiger partial charge in [0, 0.05) is 22.9 Å². The Hall–Kier alpha value is -2.05. The smallest absolute Gasteiger partial charge is 0.231 e. The summed E-state index contributed by atoms with van der Waals surface area (Å²) in [5.74, 6) is 2.69. The van der Waals surface area contributed by atoms with Gasteiger partial charge in [-0.3, -0.25) is 0 Å². The zero-order chi connectivity index (χ0) is 14.4. The Balaban J connectivity index is 1.90. The molecule has 0 saturated heterocycles. The molecule has 0 spiro atoms. The van der Waals surface area contributed by atoms with E-state index in [4.69, 9.17) is 25.8 Å². The number of aromatic nitrogens is 2. The van der Waals surface area contributed by atoms with Gasteiger partial charge in [-0.1, -0.05) is 11.6 Å². The van der Waals surface area contributed by atoms with E-state index in [1.165, 1.54) is 11.3 Å². The zero-order valence-electron chi connectivity index (χ0n) is 10.9. The third-order valence-electron chi connectivity index (χ3n) is 3.18. The summed E-state index contributed by atoms with van der Waals surface area (Å²) in [6.07, 6.45) is 0. The second-order valence-electron chi connectivity index (χ2n) is 4.41. The van der Waals surface area contributed by atoms with Crippen molar-refractivity contribution in [2.45, 2.75) is 0 Å². The molecule has 0 fully saturated rings. The molecular formula is C14H9ClN2O3S. The molecule has 7 heteroatoms. The molecule has 0 aliphatic carbocycles. The van der Waals surface area contributed by atoms with Crippen LogP contribution in [0.5, 0.6) is 17.2 Å². The lowest BCUT2D eigenvalue weighted by atomic mass is 10.2. The predicted octanol–water partition coefficient (Wildman–Crippen LogP) is 3.75. The van der Waals surface area contributed by atoms with Crippen LogP contribution in [0.25, 0.3) is 21.6 Å². The average molecular weight is 321 g/mol. The third kappa shape index (κ3) is 2.07. The van der Waals surface area contributed by atoms with Gasteiger partial charge in [0.2, 0.25) is 6.79 Å². The van der Waals surface area contributed by atoms with Crippen molar-refractivity contribution in [2.24, 2.45) is 0 Å². The predicted molar refractivity (Wildman–Crippen MR) is 80.5 cm³/mol. The molecule has 3 aromatic rings. The van der Waals surface area contributed by atoms with Crippen LogP contribution >= 0.6 is 22.9 Å². The van der Waals surface area contributed by atoms with E-state index in [2.05, 4.69) is 9.97 Å². The van der Waals surface area contributed by atoms with Crippen LogP contribution in [0.4, 0.5) is 0 Å². The van der Waals surface area contributed by atoms with Crippen LogP contribution in [0.15, 0.2) is 23.6 Å². The van der Waals surface area contributed by atoms with Crippen LogP contribution in [0.1, 0.15) is 0 Å². The van der Waals surface area contributed by atoms with Gasteiger partial charge in [0.1, 0.15) is 10.9 Å². The highest BCUT2D eigenvalue weighted by atomic mass is 35.5. The summed E-state index contributed by atoms with van der Waals surface area (Å²) in [5.41, 5.74) is 0.724. The molecule has 0 radical (unpaired) electrons. The number of hydrogen-bond acceptors (Lipinski definition) is 6. The Kier molecular flexibility index (Phi) is 2.87. The van der Waals surface area contributed by atoms with Crippen molar-refractivity contribution in [3.05, 3.63) is 28.7 Å². The van der Waals surface area contributed by atoms with Crippen LogP contribution in [-0.4, -0.2) is 23.9 Å². The van der Waals surface area contributed by atoms with E-state index >= 15 is 0 Å². The minimum absolute atomic E-state index is 0.214. The molecule has 2 aromatic heterocycles. The van der Waals surface area contributed by atoms with Crippen LogP contribution in [0, 0.1) is 0 Å². The number of hydrogen-bond donors (Lipinski definition) is 0. The molecule has 0 saturated carbocycles. The monoisotopic (exact) mass is 320 g/mol. The van der Waals surface area contributed by atoms with Gasteiger partial charge >= 0.3 is 0 Å². The van der Waals surface area contributed by atoms with Gasteiger partial charge in [-0.2, -0.15) is 0 Å². The molecule has 4 rings (SSSR count). The van der Waals surface area contributed by atoms with E-state index < -0.39 is 0 Å². The molecule has 0 amide bonds. The van der Waals surface area contributed by atoms with Gasteiger partial charge in [-0.05, 0) is 6.07 Å². The highest BCUT2D eigenvalue weighted by Gasteiger charge is 2.18. The zero-order valence-corrected chi connectivity index (χ0v) is 12.5.